The summed E-state index contributed by atoms with van der Waals surface area (Å²) in [5.41, 5.74) is 1.74. The van der Waals surface area contributed by atoms with Gasteiger partial charge in [0.1, 0.15) is 0 Å². The Kier molecular flexibility index (Phi) is 5.62. The van der Waals surface area contributed by atoms with Gasteiger partial charge in [0, 0.05) is 55.8 Å². The van der Waals surface area contributed by atoms with Crippen LogP contribution in [-0.4, -0.2) is 62.1 Å². The maximum atomic E-state index is 12.6. The summed E-state index contributed by atoms with van der Waals surface area (Å²) in [5.74, 6) is 0.428. The van der Waals surface area contributed by atoms with Crippen LogP contribution in [0.3, 0.4) is 0 Å². The van der Waals surface area contributed by atoms with Crippen molar-refractivity contribution in [1.82, 2.24) is 10.2 Å². The van der Waals surface area contributed by atoms with E-state index in [1.807, 2.05) is 24.3 Å². The SMILES string of the molecule is O=C(NC[C@@H]1CC(=O)N(C2CCCC2)C1)c1cccc(N2CCOCC2)c1. The van der Waals surface area contributed by atoms with Crippen molar-refractivity contribution in [3.05, 3.63) is 29.8 Å². The Morgan fingerprint density at radius 3 is 2.74 bits per heavy atom. The smallest absolute Gasteiger partial charge is 0.251 e. The molecule has 0 radical (unpaired) electrons. The molecule has 2 aliphatic heterocycles. The van der Waals surface area contributed by atoms with Crippen LogP contribution in [0.15, 0.2) is 24.3 Å². The highest BCUT2D eigenvalue weighted by Crippen LogP contribution is 2.29. The average molecular weight is 371 g/mol. The van der Waals surface area contributed by atoms with E-state index in [-0.39, 0.29) is 17.7 Å². The van der Waals surface area contributed by atoms with Crippen molar-refractivity contribution in [2.24, 2.45) is 5.92 Å². The van der Waals surface area contributed by atoms with E-state index < -0.39 is 0 Å². The van der Waals surface area contributed by atoms with Crippen molar-refractivity contribution in [1.29, 1.82) is 0 Å². The summed E-state index contributed by atoms with van der Waals surface area (Å²) in [5, 5.41) is 3.04. The molecule has 0 aromatic heterocycles. The van der Waals surface area contributed by atoms with Gasteiger partial charge in [-0.25, -0.2) is 0 Å². The lowest BCUT2D eigenvalue weighted by Crippen LogP contribution is -2.36. The van der Waals surface area contributed by atoms with Gasteiger partial charge in [0.05, 0.1) is 13.2 Å². The molecule has 0 bridgehead atoms. The lowest BCUT2D eigenvalue weighted by molar-refractivity contribution is -0.129. The van der Waals surface area contributed by atoms with Crippen LogP contribution in [0.25, 0.3) is 0 Å². The monoisotopic (exact) mass is 371 g/mol. The van der Waals surface area contributed by atoms with Gasteiger partial charge in [0.2, 0.25) is 5.91 Å². The Hall–Kier alpha value is -2.08. The number of ether oxygens (including phenoxy) is 1. The summed E-state index contributed by atoms with van der Waals surface area (Å²) < 4.78 is 5.40. The molecule has 27 heavy (non-hydrogen) atoms. The number of likely N-dealkylation sites (tertiary alicyclic amines) is 1. The minimum Gasteiger partial charge on any atom is -0.378 e. The van der Waals surface area contributed by atoms with Crippen molar-refractivity contribution in [3.63, 3.8) is 0 Å². The molecule has 1 aromatic rings. The zero-order valence-electron chi connectivity index (χ0n) is 15.9. The van der Waals surface area contributed by atoms with Gasteiger partial charge in [0.15, 0.2) is 0 Å². The number of rotatable bonds is 5. The van der Waals surface area contributed by atoms with E-state index in [1.165, 1.54) is 12.8 Å². The molecule has 6 heteroatoms. The zero-order chi connectivity index (χ0) is 18.6. The third-order valence-electron chi connectivity index (χ3n) is 6.04. The number of morpholine rings is 1. The maximum absolute atomic E-state index is 12.6. The van der Waals surface area contributed by atoms with Gasteiger partial charge >= 0.3 is 0 Å². The second-order valence-corrected chi connectivity index (χ2v) is 7.91. The van der Waals surface area contributed by atoms with E-state index in [4.69, 9.17) is 4.74 Å². The van der Waals surface area contributed by atoms with Crippen molar-refractivity contribution < 1.29 is 14.3 Å². The average Bonchev–Trinajstić information content (AvgIpc) is 3.36. The fraction of sp³-hybridized carbons (Fsp3) is 0.619. The molecule has 2 amide bonds. The Morgan fingerprint density at radius 1 is 1.19 bits per heavy atom. The molecular formula is C21H29N3O3. The number of hydrogen-bond donors (Lipinski definition) is 1. The van der Waals surface area contributed by atoms with Crippen molar-refractivity contribution in [2.45, 2.75) is 38.1 Å². The molecule has 6 nitrogen and oxygen atoms in total. The van der Waals surface area contributed by atoms with Crippen LogP contribution < -0.4 is 10.2 Å². The predicted octanol–water partition coefficient (Wildman–Crippen LogP) is 2.04. The summed E-state index contributed by atoms with van der Waals surface area (Å²) in [7, 11) is 0. The second kappa shape index (κ2) is 8.30. The van der Waals surface area contributed by atoms with E-state index in [2.05, 4.69) is 15.1 Å². The summed E-state index contributed by atoms with van der Waals surface area (Å²) in [6.45, 7) is 4.51. The van der Waals surface area contributed by atoms with E-state index in [0.717, 1.165) is 51.4 Å². The third-order valence-corrected chi connectivity index (χ3v) is 6.04. The van der Waals surface area contributed by atoms with Crippen molar-refractivity contribution in [3.8, 4) is 0 Å². The van der Waals surface area contributed by atoms with Crippen LogP contribution in [0.4, 0.5) is 5.69 Å². The van der Waals surface area contributed by atoms with E-state index in [0.29, 0.717) is 24.6 Å². The number of carbonyl (C=O) groups is 2. The number of benzene rings is 1. The number of amides is 2. The maximum Gasteiger partial charge on any atom is 0.251 e. The number of carbonyl (C=O) groups excluding carboxylic acids is 2. The summed E-state index contributed by atoms with van der Waals surface area (Å²) in [6.07, 6.45) is 5.30. The molecule has 2 saturated heterocycles. The van der Waals surface area contributed by atoms with Gasteiger partial charge < -0.3 is 19.9 Å². The lowest BCUT2D eigenvalue weighted by Gasteiger charge is -2.29. The number of hydrogen-bond acceptors (Lipinski definition) is 4. The van der Waals surface area contributed by atoms with Crippen LogP contribution in [0.5, 0.6) is 0 Å². The lowest BCUT2D eigenvalue weighted by atomic mass is 10.1. The minimum atomic E-state index is -0.0584. The van der Waals surface area contributed by atoms with Crippen LogP contribution in [0.2, 0.25) is 0 Å². The molecule has 1 atom stereocenters. The predicted molar refractivity (Wildman–Crippen MR) is 104 cm³/mol. The molecule has 0 unspecified atom stereocenters. The molecular weight excluding hydrogens is 342 g/mol. The standard InChI is InChI=1S/C21H29N3O3/c25-20-12-16(15-24(20)18-5-1-2-6-18)14-22-21(26)17-4-3-7-19(13-17)23-8-10-27-11-9-23/h3-4,7,13,16,18H,1-2,5-6,8-12,14-15H2,(H,22,26)/t16-/m0/s1. The van der Waals surface area contributed by atoms with Gasteiger partial charge in [-0.1, -0.05) is 18.9 Å². The van der Waals surface area contributed by atoms with Crippen molar-refractivity contribution in [2.75, 3.05) is 44.3 Å². The molecule has 4 rings (SSSR count). The minimum absolute atomic E-state index is 0.0584. The second-order valence-electron chi connectivity index (χ2n) is 7.91. The topological polar surface area (TPSA) is 61.9 Å². The number of anilines is 1. The van der Waals surface area contributed by atoms with Gasteiger partial charge in [-0.05, 0) is 31.0 Å². The fourth-order valence-electron chi connectivity index (χ4n) is 4.52. The van der Waals surface area contributed by atoms with E-state index in [1.54, 1.807) is 0 Å². The number of nitrogens with one attached hydrogen (secondary N) is 1. The fourth-order valence-corrected chi connectivity index (χ4v) is 4.52. The van der Waals surface area contributed by atoms with Gasteiger partial charge in [-0.2, -0.15) is 0 Å². The molecule has 1 aromatic carbocycles. The third kappa shape index (κ3) is 4.26. The molecule has 3 fully saturated rings. The Balaban J connectivity index is 1.31. The highest BCUT2D eigenvalue weighted by atomic mass is 16.5. The largest absolute Gasteiger partial charge is 0.378 e. The zero-order valence-corrected chi connectivity index (χ0v) is 15.9. The summed E-state index contributed by atoms with van der Waals surface area (Å²) in [6, 6.07) is 8.20. The highest BCUT2D eigenvalue weighted by Gasteiger charge is 2.35. The Bertz CT molecular complexity index is 681. The first-order valence-electron chi connectivity index (χ1n) is 10.2. The van der Waals surface area contributed by atoms with Gasteiger partial charge in [-0.3, -0.25) is 9.59 Å². The quantitative estimate of drug-likeness (QED) is 0.861. The van der Waals surface area contributed by atoms with E-state index in [9.17, 15) is 9.59 Å². The van der Waals surface area contributed by atoms with Crippen LogP contribution >= 0.6 is 0 Å². The molecule has 2 heterocycles. The molecule has 3 aliphatic rings. The normalized spacial score (nSPS) is 23.9. The molecule has 1 aliphatic carbocycles. The van der Waals surface area contributed by atoms with E-state index >= 15 is 0 Å². The molecule has 1 saturated carbocycles. The first-order valence-corrected chi connectivity index (χ1v) is 10.2. The highest BCUT2D eigenvalue weighted by molar-refractivity contribution is 5.95. The summed E-state index contributed by atoms with van der Waals surface area (Å²) in [4.78, 5) is 29.2. The Labute approximate surface area is 160 Å². The van der Waals surface area contributed by atoms with Crippen LogP contribution in [0.1, 0.15) is 42.5 Å². The van der Waals surface area contributed by atoms with Gasteiger partial charge in [-0.15, -0.1) is 0 Å². The summed E-state index contributed by atoms with van der Waals surface area (Å²) >= 11 is 0. The van der Waals surface area contributed by atoms with Gasteiger partial charge in [0.25, 0.3) is 5.91 Å². The van der Waals surface area contributed by atoms with Crippen LogP contribution in [0, 0.1) is 5.92 Å². The first-order chi connectivity index (χ1) is 13.2. The first kappa shape index (κ1) is 18.3. The van der Waals surface area contributed by atoms with Crippen LogP contribution in [-0.2, 0) is 9.53 Å². The molecule has 0 spiro atoms. The number of nitrogens with zero attached hydrogens (tertiary/aromatic N) is 2. The molecule has 146 valence electrons. The molecule has 1 N–H and O–H groups in total. The Morgan fingerprint density at radius 2 is 1.96 bits per heavy atom. The van der Waals surface area contributed by atoms with Crippen molar-refractivity contribution >= 4 is 17.5 Å².